The molecule has 1 N–H and O–H groups in total. The van der Waals surface area contributed by atoms with Crippen molar-refractivity contribution in [2.75, 3.05) is 13.4 Å². The van der Waals surface area contributed by atoms with Crippen LogP contribution in [0.15, 0.2) is 72.4 Å². The van der Waals surface area contributed by atoms with Crippen LogP contribution in [0.1, 0.15) is 43.7 Å². The molecule has 0 unspecified atom stereocenters. The maximum absolute atomic E-state index is 13.9. The number of amides is 2. The smallest absolute Gasteiger partial charge is 0.318 e. The lowest BCUT2D eigenvalue weighted by Crippen LogP contribution is -2.52. The van der Waals surface area contributed by atoms with Crippen LogP contribution in [0.3, 0.4) is 0 Å². The predicted molar refractivity (Wildman–Crippen MR) is 148 cm³/mol. The average Bonchev–Trinajstić information content (AvgIpc) is 3.62. The maximum atomic E-state index is 13.9. The monoisotopic (exact) mass is 540 g/mol. The van der Waals surface area contributed by atoms with Crippen LogP contribution in [-0.2, 0) is 32.2 Å². The molecular weight excluding hydrogens is 508 g/mol. The summed E-state index contributed by atoms with van der Waals surface area (Å²) >= 11 is 0. The molecule has 0 spiro atoms. The number of piperidine rings is 1. The standard InChI is InChI=1S/C32H32N2O6/c1-2-38-31(37)32-14-6-11-28(32)34(19-21-12-13-26-27(15-21)40-20-39-26)30(36)24(17-32)16-29(35)33-18-23-9-5-8-22-7-3-4-10-25(22)23/h3-5,7-13,15,24H,2,6,14,16-20H2,1H3,(H,33,35)/t24-,32+/m1/s1. The number of carbonyl (C=O) groups excluding carboxylic acids is 3. The Balaban J connectivity index is 1.23. The van der Waals surface area contributed by atoms with Crippen molar-refractivity contribution in [3.63, 3.8) is 0 Å². The zero-order valence-electron chi connectivity index (χ0n) is 22.5. The van der Waals surface area contributed by atoms with Gasteiger partial charge in [-0.15, -0.1) is 0 Å². The first-order valence-corrected chi connectivity index (χ1v) is 13.8. The summed E-state index contributed by atoms with van der Waals surface area (Å²) < 4.78 is 16.5. The third kappa shape index (κ3) is 4.68. The van der Waals surface area contributed by atoms with Crippen LogP contribution in [0.2, 0.25) is 0 Å². The van der Waals surface area contributed by atoms with Crippen molar-refractivity contribution in [1.82, 2.24) is 10.2 Å². The van der Waals surface area contributed by atoms with Gasteiger partial charge in [0.05, 0.1) is 13.2 Å². The number of carbonyl (C=O) groups is 3. The molecule has 2 heterocycles. The molecule has 2 amide bonds. The SMILES string of the molecule is CCOC(=O)[C@]12CCC=C1N(Cc1ccc3c(c1)OCO3)C(=O)[C@H](CC(=O)NCc1cccc3ccccc13)C2. The summed E-state index contributed by atoms with van der Waals surface area (Å²) in [5.41, 5.74) is 1.60. The molecule has 3 aromatic rings. The number of nitrogens with one attached hydrogen (secondary N) is 1. The van der Waals surface area contributed by atoms with Gasteiger partial charge in [-0.3, -0.25) is 14.4 Å². The summed E-state index contributed by atoms with van der Waals surface area (Å²) in [5, 5.41) is 5.19. The Morgan fingerprint density at radius 3 is 2.77 bits per heavy atom. The highest BCUT2D eigenvalue weighted by molar-refractivity contribution is 5.93. The number of esters is 1. The number of benzene rings is 3. The second-order valence-corrected chi connectivity index (χ2v) is 10.6. The predicted octanol–water partition coefficient (Wildman–Crippen LogP) is 4.85. The number of allylic oxidation sites excluding steroid dienone is 1. The Kier molecular flexibility index (Phi) is 6.92. The lowest BCUT2D eigenvalue weighted by Gasteiger charge is -2.44. The van der Waals surface area contributed by atoms with Gasteiger partial charge in [0.2, 0.25) is 18.6 Å². The fraction of sp³-hybridized carbons (Fsp3) is 0.344. The van der Waals surface area contributed by atoms with Crippen LogP contribution in [0.25, 0.3) is 10.8 Å². The molecule has 1 aliphatic carbocycles. The van der Waals surface area contributed by atoms with Gasteiger partial charge in [0.25, 0.3) is 0 Å². The number of nitrogens with zero attached hydrogens (tertiary/aromatic N) is 1. The number of likely N-dealkylation sites (tertiary alicyclic amines) is 1. The number of hydrogen-bond donors (Lipinski definition) is 1. The van der Waals surface area contributed by atoms with E-state index in [2.05, 4.69) is 5.32 Å². The summed E-state index contributed by atoms with van der Waals surface area (Å²) in [7, 11) is 0. The van der Waals surface area contributed by atoms with Crippen LogP contribution in [0.5, 0.6) is 11.5 Å². The van der Waals surface area contributed by atoms with Crippen molar-refractivity contribution in [3.8, 4) is 11.5 Å². The number of hydrogen-bond acceptors (Lipinski definition) is 6. The van der Waals surface area contributed by atoms with Crippen molar-refractivity contribution in [3.05, 3.63) is 83.6 Å². The van der Waals surface area contributed by atoms with E-state index in [1.165, 1.54) is 0 Å². The third-order valence-corrected chi connectivity index (χ3v) is 8.13. The van der Waals surface area contributed by atoms with Crippen LogP contribution >= 0.6 is 0 Å². The molecule has 8 nitrogen and oxygen atoms in total. The molecule has 2 aliphatic heterocycles. The molecule has 1 fully saturated rings. The first-order chi connectivity index (χ1) is 19.5. The highest BCUT2D eigenvalue weighted by Gasteiger charge is 2.55. The zero-order valence-corrected chi connectivity index (χ0v) is 22.5. The van der Waals surface area contributed by atoms with Crippen molar-refractivity contribution in [2.24, 2.45) is 11.3 Å². The lowest BCUT2D eigenvalue weighted by molar-refractivity contribution is -0.161. The van der Waals surface area contributed by atoms with Crippen molar-refractivity contribution in [2.45, 2.75) is 45.7 Å². The maximum Gasteiger partial charge on any atom is 0.318 e. The van der Waals surface area contributed by atoms with Gasteiger partial charge in [0, 0.05) is 24.6 Å². The van der Waals surface area contributed by atoms with Crippen LogP contribution in [-0.4, -0.2) is 36.1 Å². The molecule has 0 aromatic heterocycles. The zero-order chi connectivity index (χ0) is 27.7. The first-order valence-electron chi connectivity index (χ1n) is 13.8. The number of fused-ring (bicyclic) bond motifs is 3. The van der Waals surface area contributed by atoms with Gasteiger partial charge in [-0.25, -0.2) is 0 Å². The Bertz CT molecular complexity index is 1510. The van der Waals surface area contributed by atoms with E-state index in [9.17, 15) is 14.4 Å². The molecule has 3 aromatic carbocycles. The second kappa shape index (κ2) is 10.7. The van der Waals surface area contributed by atoms with Crippen LogP contribution in [0, 0.1) is 11.3 Å². The average molecular weight is 541 g/mol. The van der Waals surface area contributed by atoms with Crippen molar-refractivity contribution < 1.29 is 28.6 Å². The minimum Gasteiger partial charge on any atom is -0.465 e. The molecule has 40 heavy (non-hydrogen) atoms. The second-order valence-electron chi connectivity index (χ2n) is 10.6. The molecular formula is C32H32N2O6. The summed E-state index contributed by atoms with van der Waals surface area (Å²) in [6.07, 6.45) is 3.45. The summed E-state index contributed by atoms with van der Waals surface area (Å²) in [4.78, 5) is 42.2. The Hall–Kier alpha value is -4.33. The molecule has 8 heteroatoms. The molecule has 1 saturated heterocycles. The van der Waals surface area contributed by atoms with Crippen molar-refractivity contribution in [1.29, 1.82) is 0 Å². The van der Waals surface area contributed by atoms with Gasteiger partial charge in [0.1, 0.15) is 5.41 Å². The van der Waals surface area contributed by atoms with E-state index in [0.29, 0.717) is 36.6 Å². The number of rotatable bonds is 8. The van der Waals surface area contributed by atoms with E-state index in [1.54, 1.807) is 11.8 Å². The molecule has 206 valence electrons. The fourth-order valence-electron chi connectivity index (χ4n) is 6.24. The molecule has 0 saturated carbocycles. The van der Waals surface area contributed by atoms with E-state index in [-0.39, 0.29) is 50.6 Å². The topological polar surface area (TPSA) is 94.2 Å². The first kappa shape index (κ1) is 25.9. The summed E-state index contributed by atoms with van der Waals surface area (Å²) in [5.74, 6) is -0.0760. The van der Waals surface area contributed by atoms with E-state index in [1.807, 2.05) is 66.7 Å². The molecule has 6 rings (SSSR count). The van der Waals surface area contributed by atoms with Crippen LogP contribution < -0.4 is 14.8 Å². The van der Waals surface area contributed by atoms with Gasteiger partial charge < -0.3 is 24.4 Å². The van der Waals surface area contributed by atoms with E-state index >= 15 is 0 Å². The van der Waals surface area contributed by atoms with Gasteiger partial charge in [0.15, 0.2) is 11.5 Å². The van der Waals surface area contributed by atoms with Gasteiger partial charge in [-0.05, 0) is 60.2 Å². The van der Waals surface area contributed by atoms with E-state index in [0.717, 1.165) is 21.9 Å². The molecule has 0 bridgehead atoms. The minimum atomic E-state index is -0.944. The molecule has 0 radical (unpaired) electrons. The van der Waals surface area contributed by atoms with Gasteiger partial charge >= 0.3 is 5.97 Å². The Morgan fingerprint density at radius 2 is 1.90 bits per heavy atom. The Labute approximate surface area is 232 Å². The van der Waals surface area contributed by atoms with Crippen molar-refractivity contribution >= 4 is 28.6 Å². The lowest BCUT2D eigenvalue weighted by atomic mass is 9.71. The Morgan fingerprint density at radius 1 is 1.07 bits per heavy atom. The third-order valence-electron chi connectivity index (χ3n) is 8.13. The molecule has 2 atom stereocenters. The fourth-order valence-corrected chi connectivity index (χ4v) is 6.24. The van der Waals surface area contributed by atoms with Gasteiger partial charge in [-0.1, -0.05) is 54.6 Å². The van der Waals surface area contributed by atoms with Gasteiger partial charge in [-0.2, -0.15) is 0 Å². The highest BCUT2D eigenvalue weighted by Crippen LogP contribution is 2.51. The largest absolute Gasteiger partial charge is 0.465 e. The molecule has 3 aliphatic rings. The van der Waals surface area contributed by atoms with E-state index < -0.39 is 11.3 Å². The number of ether oxygens (including phenoxy) is 3. The normalized spacial score (nSPS) is 21.2. The minimum absolute atomic E-state index is 0.00429. The summed E-state index contributed by atoms with van der Waals surface area (Å²) in [6, 6.07) is 19.6. The van der Waals surface area contributed by atoms with E-state index in [4.69, 9.17) is 14.2 Å². The van der Waals surface area contributed by atoms with Crippen LogP contribution in [0.4, 0.5) is 0 Å². The quantitative estimate of drug-likeness (QED) is 0.411. The highest BCUT2D eigenvalue weighted by atomic mass is 16.7. The summed E-state index contributed by atoms with van der Waals surface area (Å²) in [6.45, 7) is 2.81.